The van der Waals surface area contributed by atoms with Crippen LogP contribution in [-0.2, 0) is 4.79 Å². The third-order valence-corrected chi connectivity index (χ3v) is 3.40. The van der Waals surface area contributed by atoms with Crippen LogP contribution in [0, 0.1) is 6.92 Å². The van der Waals surface area contributed by atoms with Gasteiger partial charge >= 0.3 is 0 Å². The van der Waals surface area contributed by atoms with Crippen molar-refractivity contribution in [2.24, 2.45) is 4.99 Å². The van der Waals surface area contributed by atoms with Gasteiger partial charge in [0.2, 0.25) is 0 Å². The van der Waals surface area contributed by atoms with Crippen LogP contribution < -0.4 is 0 Å². The highest BCUT2D eigenvalue weighted by Gasteiger charge is 2.21. The van der Waals surface area contributed by atoms with E-state index in [4.69, 9.17) is 0 Å². The summed E-state index contributed by atoms with van der Waals surface area (Å²) in [6.45, 7) is 1.97. The molecule has 0 aromatic heterocycles. The summed E-state index contributed by atoms with van der Waals surface area (Å²) >= 11 is 0. The van der Waals surface area contributed by atoms with Crippen LogP contribution in [-0.4, -0.2) is 17.8 Å². The number of nitrogens with zero attached hydrogens (tertiary/aromatic N) is 1. The maximum absolute atomic E-state index is 12.3. The number of rotatable bonds is 3. The zero-order chi connectivity index (χ0) is 14.8. The molecule has 0 saturated carbocycles. The Kier molecular flexibility index (Phi) is 3.32. The molecule has 3 heteroatoms. The normalized spacial score (nSPS) is 14.7. The number of aryl methyl sites for hydroxylation is 1. The van der Waals surface area contributed by atoms with Crippen molar-refractivity contribution in [2.75, 3.05) is 0 Å². The predicted octanol–water partition coefficient (Wildman–Crippen LogP) is 3.55. The van der Waals surface area contributed by atoms with Crippen molar-refractivity contribution in [3.8, 4) is 0 Å². The molecule has 1 heterocycles. The summed E-state index contributed by atoms with van der Waals surface area (Å²) in [6, 6.07) is 14.7. The van der Waals surface area contributed by atoms with Crippen LogP contribution >= 0.6 is 0 Å². The minimum atomic E-state index is -0.130. The van der Waals surface area contributed by atoms with E-state index in [0.717, 1.165) is 16.8 Å². The van der Waals surface area contributed by atoms with E-state index < -0.39 is 0 Å². The molecule has 2 aromatic rings. The molecule has 0 spiro atoms. The molecule has 0 bridgehead atoms. The van der Waals surface area contributed by atoms with Crippen molar-refractivity contribution in [1.29, 1.82) is 0 Å². The Morgan fingerprint density at radius 3 is 2.57 bits per heavy atom. The van der Waals surface area contributed by atoms with Gasteiger partial charge in [-0.1, -0.05) is 42.0 Å². The smallest absolute Gasteiger partial charge is 0.186 e. The highest BCUT2D eigenvalue weighted by atomic mass is 16.1. The van der Waals surface area contributed by atoms with Crippen LogP contribution in [0.15, 0.2) is 59.6 Å². The maximum Gasteiger partial charge on any atom is 0.186 e. The topological polar surface area (TPSA) is 46.5 Å². The van der Waals surface area contributed by atoms with E-state index >= 15 is 0 Å². The van der Waals surface area contributed by atoms with E-state index in [1.165, 1.54) is 6.08 Å². The van der Waals surface area contributed by atoms with Gasteiger partial charge in [0.25, 0.3) is 0 Å². The van der Waals surface area contributed by atoms with E-state index in [1.807, 2.05) is 43.3 Å². The van der Waals surface area contributed by atoms with Gasteiger partial charge in [-0.3, -0.25) is 9.59 Å². The third kappa shape index (κ3) is 2.46. The number of carbonyl (C=O) groups is 2. The summed E-state index contributed by atoms with van der Waals surface area (Å²) < 4.78 is 0. The molecule has 0 unspecified atom stereocenters. The first-order valence-corrected chi connectivity index (χ1v) is 6.65. The Bertz CT molecular complexity index is 786. The van der Waals surface area contributed by atoms with E-state index in [-0.39, 0.29) is 5.78 Å². The largest absolute Gasteiger partial charge is 0.296 e. The number of allylic oxidation sites excluding steroid dienone is 2. The molecule has 1 aliphatic rings. The molecule has 0 saturated heterocycles. The SMILES string of the molecule is Cc1ccc2c(c1)C(=CC(=O)c1ccccc1)C(C=O)=N2. The molecule has 21 heavy (non-hydrogen) atoms. The van der Waals surface area contributed by atoms with Crippen molar-refractivity contribution >= 4 is 29.0 Å². The summed E-state index contributed by atoms with van der Waals surface area (Å²) in [5, 5.41) is 0. The van der Waals surface area contributed by atoms with Crippen LogP contribution in [0.3, 0.4) is 0 Å². The summed E-state index contributed by atoms with van der Waals surface area (Å²) in [5.74, 6) is -0.130. The fourth-order valence-electron chi connectivity index (χ4n) is 2.35. The lowest BCUT2D eigenvalue weighted by Crippen LogP contribution is -2.03. The number of benzene rings is 2. The number of aldehydes is 1. The minimum absolute atomic E-state index is 0.130. The number of carbonyl (C=O) groups excluding carboxylic acids is 2. The number of hydrogen-bond acceptors (Lipinski definition) is 3. The Labute approximate surface area is 122 Å². The van der Waals surface area contributed by atoms with Crippen molar-refractivity contribution in [3.63, 3.8) is 0 Å². The summed E-state index contributed by atoms with van der Waals surface area (Å²) in [6.07, 6.45) is 2.19. The molecular formula is C18H13NO2. The van der Waals surface area contributed by atoms with Crippen LogP contribution in [0.25, 0.3) is 5.57 Å². The molecule has 102 valence electrons. The standard InChI is InChI=1S/C18H13NO2/c1-12-7-8-16-14(9-12)15(17(11-20)19-16)10-18(21)13-5-3-2-4-6-13/h2-11H,1H3. The van der Waals surface area contributed by atoms with E-state index in [1.54, 1.807) is 12.1 Å². The molecule has 1 aliphatic heterocycles. The van der Waals surface area contributed by atoms with Crippen LogP contribution in [0.4, 0.5) is 5.69 Å². The first-order valence-electron chi connectivity index (χ1n) is 6.65. The highest BCUT2D eigenvalue weighted by Crippen LogP contribution is 2.35. The number of aliphatic imine (C=N–C) groups is 1. The third-order valence-electron chi connectivity index (χ3n) is 3.40. The van der Waals surface area contributed by atoms with Gasteiger partial charge in [0.15, 0.2) is 12.1 Å². The average Bonchev–Trinajstić information content (AvgIpc) is 2.85. The Morgan fingerprint density at radius 1 is 1.10 bits per heavy atom. The van der Waals surface area contributed by atoms with Crippen molar-refractivity contribution in [2.45, 2.75) is 6.92 Å². The van der Waals surface area contributed by atoms with Gasteiger partial charge in [0.05, 0.1) is 5.69 Å². The molecule has 0 aliphatic carbocycles. The molecule has 2 aromatic carbocycles. The van der Waals surface area contributed by atoms with Crippen molar-refractivity contribution in [3.05, 3.63) is 71.3 Å². The number of ketones is 1. The van der Waals surface area contributed by atoms with Crippen molar-refractivity contribution in [1.82, 2.24) is 0 Å². The molecule has 0 N–H and O–H groups in total. The van der Waals surface area contributed by atoms with Gasteiger partial charge in [-0.15, -0.1) is 0 Å². The van der Waals surface area contributed by atoms with Crippen LogP contribution in [0.1, 0.15) is 21.5 Å². The summed E-state index contributed by atoms with van der Waals surface area (Å²) in [7, 11) is 0. The maximum atomic E-state index is 12.3. The summed E-state index contributed by atoms with van der Waals surface area (Å²) in [5.41, 5.74) is 4.12. The van der Waals surface area contributed by atoms with Gasteiger partial charge < -0.3 is 0 Å². The molecular weight excluding hydrogens is 262 g/mol. The van der Waals surface area contributed by atoms with Gasteiger partial charge in [0, 0.05) is 16.7 Å². The molecule has 0 amide bonds. The summed E-state index contributed by atoms with van der Waals surface area (Å²) in [4.78, 5) is 27.8. The number of hydrogen-bond donors (Lipinski definition) is 0. The van der Waals surface area contributed by atoms with Gasteiger partial charge in [-0.05, 0) is 25.1 Å². The van der Waals surface area contributed by atoms with Gasteiger partial charge in [-0.25, -0.2) is 4.99 Å². The zero-order valence-electron chi connectivity index (χ0n) is 11.5. The zero-order valence-corrected chi connectivity index (χ0v) is 11.5. The quantitative estimate of drug-likeness (QED) is 0.488. The van der Waals surface area contributed by atoms with Crippen molar-refractivity contribution < 1.29 is 9.59 Å². The first-order chi connectivity index (χ1) is 10.2. The van der Waals surface area contributed by atoms with Gasteiger partial charge in [0.1, 0.15) is 5.71 Å². The van der Waals surface area contributed by atoms with E-state index in [9.17, 15) is 9.59 Å². The second-order valence-corrected chi connectivity index (χ2v) is 4.92. The molecule has 3 rings (SSSR count). The highest BCUT2D eigenvalue weighted by molar-refractivity contribution is 6.52. The van der Waals surface area contributed by atoms with Crippen LogP contribution in [0.2, 0.25) is 0 Å². The average molecular weight is 275 g/mol. The molecule has 0 fully saturated rings. The minimum Gasteiger partial charge on any atom is -0.296 e. The Morgan fingerprint density at radius 2 is 1.86 bits per heavy atom. The van der Waals surface area contributed by atoms with E-state index in [0.29, 0.717) is 23.1 Å². The van der Waals surface area contributed by atoms with Gasteiger partial charge in [-0.2, -0.15) is 0 Å². The fourth-order valence-corrected chi connectivity index (χ4v) is 2.35. The lowest BCUT2D eigenvalue weighted by molar-refractivity contribution is -0.102. The lowest BCUT2D eigenvalue weighted by Gasteiger charge is -2.02. The second-order valence-electron chi connectivity index (χ2n) is 4.92. The fraction of sp³-hybridized carbons (Fsp3) is 0.0556. The number of fused-ring (bicyclic) bond motifs is 1. The Hall–Kier alpha value is -2.81. The van der Waals surface area contributed by atoms with E-state index in [2.05, 4.69) is 4.99 Å². The molecule has 3 nitrogen and oxygen atoms in total. The predicted molar refractivity (Wildman–Crippen MR) is 83.1 cm³/mol. The first kappa shape index (κ1) is 13.2. The lowest BCUT2D eigenvalue weighted by atomic mass is 9.98. The monoisotopic (exact) mass is 275 g/mol. The molecule has 0 atom stereocenters. The Balaban J connectivity index is 2.07. The van der Waals surface area contributed by atoms with Crippen LogP contribution in [0.5, 0.6) is 0 Å². The molecule has 0 radical (unpaired) electrons. The second kappa shape index (κ2) is 5.29.